The first-order valence-electron chi connectivity index (χ1n) is 11.5. The largest absolute Gasteiger partial charge is 0.487 e. The monoisotopic (exact) mass is 504 g/mol. The number of aliphatic hydroxyl groups is 1. The van der Waals surface area contributed by atoms with Crippen molar-refractivity contribution >= 4 is 10.0 Å². The molecule has 0 bridgehead atoms. The van der Waals surface area contributed by atoms with E-state index in [4.69, 9.17) is 9.47 Å². The number of aliphatic hydroxyl groups excluding tert-OH is 1. The van der Waals surface area contributed by atoms with Crippen LogP contribution in [0, 0.1) is 23.6 Å². The topological polar surface area (TPSA) is 79.3 Å². The zero-order valence-electron chi connectivity index (χ0n) is 20.6. The van der Waals surface area contributed by atoms with Gasteiger partial charge in [-0.3, -0.25) is 4.90 Å². The number of fused-ring (bicyclic) bond motifs is 1. The lowest BCUT2D eigenvalue weighted by Gasteiger charge is -2.37. The van der Waals surface area contributed by atoms with E-state index in [0.717, 1.165) is 0 Å². The van der Waals surface area contributed by atoms with Crippen molar-refractivity contribution in [3.8, 4) is 17.6 Å². The van der Waals surface area contributed by atoms with Crippen LogP contribution in [0.1, 0.15) is 25.0 Å². The van der Waals surface area contributed by atoms with Crippen LogP contribution in [0.5, 0.6) is 5.75 Å². The van der Waals surface area contributed by atoms with Gasteiger partial charge in [-0.2, -0.15) is 4.31 Å². The number of hydrogen-bond donors (Lipinski definition) is 1. The quantitative estimate of drug-likeness (QED) is 0.585. The minimum Gasteiger partial charge on any atom is -0.487 e. The maximum absolute atomic E-state index is 14.2. The second-order valence-electron chi connectivity index (χ2n) is 8.92. The van der Waals surface area contributed by atoms with Crippen LogP contribution in [0.3, 0.4) is 0 Å². The van der Waals surface area contributed by atoms with Crippen LogP contribution in [0.2, 0.25) is 0 Å². The molecule has 35 heavy (non-hydrogen) atoms. The molecule has 3 rings (SSSR count). The molecule has 0 radical (unpaired) electrons. The highest BCUT2D eigenvalue weighted by Crippen LogP contribution is 2.34. The first kappa shape index (κ1) is 27.1. The summed E-state index contributed by atoms with van der Waals surface area (Å²) < 4.78 is 53.9. The first-order chi connectivity index (χ1) is 16.7. The molecule has 0 spiro atoms. The molecule has 190 valence electrons. The molecule has 1 aliphatic rings. The van der Waals surface area contributed by atoms with Crippen LogP contribution in [-0.4, -0.2) is 75.3 Å². The molecular formula is C26H33FN2O5S. The standard InChI is InChI=1S/C26H33FN2O5S/c1-19-15-29(20(2)18-30)35(31,32)26-12-11-21(8-7-13-33-4)14-24(26)34-25(19)17-28(3)16-22-9-5-6-10-23(22)27/h5-6,9-12,14,19-20,25,30H,13,15-18H2,1-4H3/t19-,20-,25-/m0/s1. The van der Waals surface area contributed by atoms with Gasteiger partial charge < -0.3 is 14.6 Å². The van der Waals surface area contributed by atoms with E-state index in [2.05, 4.69) is 11.8 Å². The minimum absolute atomic E-state index is 0.0312. The minimum atomic E-state index is -3.92. The molecule has 3 atom stereocenters. The predicted octanol–water partition coefficient (Wildman–Crippen LogP) is 2.72. The summed E-state index contributed by atoms with van der Waals surface area (Å²) in [6.07, 6.45) is -0.392. The molecule has 0 unspecified atom stereocenters. The number of methoxy groups -OCH3 is 1. The molecule has 0 saturated carbocycles. The Labute approximate surface area is 207 Å². The summed E-state index contributed by atoms with van der Waals surface area (Å²) in [4.78, 5) is 1.99. The van der Waals surface area contributed by atoms with E-state index in [1.165, 1.54) is 16.4 Å². The summed E-state index contributed by atoms with van der Waals surface area (Å²) in [7, 11) is -0.501. The number of sulfonamides is 1. The van der Waals surface area contributed by atoms with Gasteiger partial charge in [0.2, 0.25) is 10.0 Å². The van der Waals surface area contributed by atoms with Gasteiger partial charge in [-0.1, -0.05) is 37.0 Å². The van der Waals surface area contributed by atoms with Gasteiger partial charge in [0.25, 0.3) is 0 Å². The molecule has 1 aliphatic heterocycles. The van der Waals surface area contributed by atoms with Crippen LogP contribution in [0.15, 0.2) is 47.4 Å². The van der Waals surface area contributed by atoms with Crippen molar-refractivity contribution in [3.63, 3.8) is 0 Å². The smallest absolute Gasteiger partial charge is 0.247 e. The molecule has 2 aromatic rings. The Morgan fingerprint density at radius 1 is 1.31 bits per heavy atom. The van der Waals surface area contributed by atoms with E-state index in [9.17, 15) is 17.9 Å². The van der Waals surface area contributed by atoms with E-state index >= 15 is 0 Å². The normalized spacial score (nSPS) is 20.7. The van der Waals surface area contributed by atoms with Crippen LogP contribution in [0.4, 0.5) is 4.39 Å². The van der Waals surface area contributed by atoms with Crippen LogP contribution in [-0.2, 0) is 21.3 Å². The summed E-state index contributed by atoms with van der Waals surface area (Å²) in [5, 5.41) is 9.77. The number of nitrogens with zero attached hydrogens (tertiary/aromatic N) is 2. The Morgan fingerprint density at radius 2 is 2.06 bits per heavy atom. The molecule has 0 fully saturated rings. The zero-order valence-corrected chi connectivity index (χ0v) is 21.4. The van der Waals surface area contributed by atoms with E-state index in [0.29, 0.717) is 24.2 Å². The molecule has 2 aromatic carbocycles. The molecule has 0 aromatic heterocycles. The summed E-state index contributed by atoms with van der Waals surface area (Å²) >= 11 is 0. The number of rotatable bonds is 7. The number of hydrogen-bond acceptors (Lipinski definition) is 6. The van der Waals surface area contributed by atoms with Gasteiger partial charge in [0, 0.05) is 49.8 Å². The van der Waals surface area contributed by atoms with Gasteiger partial charge in [-0.25, -0.2) is 12.8 Å². The second-order valence-corrected chi connectivity index (χ2v) is 10.8. The Balaban J connectivity index is 1.97. The maximum atomic E-state index is 14.2. The second kappa shape index (κ2) is 12.0. The van der Waals surface area contributed by atoms with Crippen LogP contribution in [0.25, 0.3) is 0 Å². The van der Waals surface area contributed by atoms with Crippen LogP contribution >= 0.6 is 0 Å². The summed E-state index contributed by atoms with van der Waals surface area (Å²) in [6, 6.07) is 10.8. The Kier molecular flexibility index (Phi) is 9.27. The molecular weight excluding hydrogens is 471 g/mol. The van der Waals surface area contributed by atoms with Gasteiger partial charge in [0.1, 0.15) is 29.2 Å². The highest BCUT2D eigenvalue weighted by Gasteiger charge is 2.38. The summed E-state index contributed by atoms with van der Waals surface area (Å²) in [5.41, 5.74) is 1.17. The van der Waals surface area contributed by atoms with Crippen LogP contribution < -0.4 is 4.74 Å². The Hall–Kier alpha value is -2.48. The molecule has 1 heterocycles. The van der Waals surface area contributed by atoms with Crippen molar-refractivity contribution < 1.29 is 27.4 Å². The predicted molar refractivity (Wildman–Crippen MR) is 132 cm³/mol. The fraction of sp³-hybridized carbons (Fsp3) is 0.462. The van der Waals surface area contributed by atoms with Crippen molar-refractivity contribution in [1.82, 2.24) is 9.21 Å². The molecule has 0 aliphatic carbocycles. The van der Waals surface area contributed by atoms with E-state index in [1.54, 1.807) is 44.4 Å². The maximum Gasteiger partial charge on any atom is 0.247 e. The van der Waals surface area contributed by atoms with Crippen molar-refractivity contribution in [2.45, 2.75) is 37.4 Å². The fourth-order valence-electron chi connectivity index (χ4n) is 4.02. The van der Waals surface area contributed by atoms with Crippen molar-refractivity contribution in [1.29, 1.82) is 0 Å². The Morgan fingerprint density at radius 3 is 2.74 bits per heavy atom. The number of halogens is 1. The summed E-state index contributed by atoms with van der Waals surface area (Å²) in [6.45, 7) is 4.54. The molecule has 1 N–H and O–H groups in total. The SMILES string of the molecule is COCC#Cc1ccc2c(c1)O[C@@H](CN(C)Cc1ccccc1F)[C@@H](C)CN([C@@H](C)CO)S2(=O)=O. The van der Waals surface area contributed by atoms with Gasteiger partial charge >= 0.3 is 0 Å². The molecule has 0 amide bonds. The van der Waals surface area contributed by atoms with E-state index in [-0.39, 0.29) is 42.1 Å². The molecule has 0 saturated heterocycles. The lowest BCUT2D eigenvalue weighted by molar-refractivity contribution is 0.0731. The third-order valence-corrected chi connectivity index (χ3v) is 8.03. The average molecular weight is 505 g/mol. The first-order valence-corrected chi connectivity index (χ1v) is 12.9. The highest BCUT2D eigenvalue weighted by molar-refractivity contribution is 7.89. The average Bonchev–Trinajstić information content (AvgIpc) is 2.82. The molecule has 7 nitrogen and oxygen atoms in total. The third-order valence-electron chi connectivity index (χ3n) is 6.01. The van der Waals surface area contributed by atoms with Gasteiger partial charge in [0.05, 0.1) is 6.61 Å². The highest BCUT2D eigenvalue weighted by atomic mass is 32.2. The molecule has 9 heteroatoms. The van der Waals surface area contributed by atoms with E-state index < -0.39 is 22.2 Å². The third kappa shape index (κ3) is 6.60. The van der Waals surface area contributed by atoms with Gasteiger partial charge in [-0.05, 0) is 38.2 Å². The fourth-order valence-corrected chi connectivity index (χ4v) is 5.85. The lowest BCUT2D eigenvalue weighted by atomic mass is 10.0. The summed E-state index contributed by atoms with van der Waals surface area (Å²) in [5.74, 6) is 5.54. The van der Waals surface area contributed by atoms with Gasteiger partial charge in [0.15, 0.2) is 0 Å². The zero-order chi connectivity index (χ0) is 25.6. The lowest BCUT2D eigenvalue weighted by Crippen LogP contribution is -2.49. The van der Waals surface area contributed by atoms with Gasteiger partial charge in [-0.15, -0.1) is 0 Å². The van der Waals surface area contributed by atoms with Crippen molar-refractivity contribution in [2.75, 3.05) is 40.5 Å². The van der Waals surface area contributed by atoms with E-state index in [1.807, 2.05) is 18.9 Å². The number of ether oxygens (including phenoxy) is 2. The number of likely N-dealkylation sites (N-methyl/N-ethyl adjacent to an activating group) is 1. The number of benzene rings is 2. The van der Waals surface area contributed by atoms with Crippen molar-refractivity contribution in [3.05, 3.63) is 59.4 Å². The van der Waals surface area contributed by atoms with Crippen molar-refractivity contribution in [2.24, 2.45) is 5.92 Å². The Bertz CT molecular complexity index is 1180.